The lowest BCUT2D eigenvalue weighted by molar-refractivity contribution is -0.0286. The first-order valence-corrected chi connectivity index (χ1v) is 8.63. The van der Waals surface area contributed by atoms with Crippen molar-refractivity contribution in [2.75, 3.05) is 20.8 Å². The van der Waals surface area contributed by atoms with Gasteiger partial charge in [0.25, 0.3) is 0 Å². The molecular weight excluding hydrogens is 360 g/mol. The average Bonchev–Trinajstić information content (AvgIpc) is 2.72. The first kappa shape index (κ1) is 21.0. The van der Waals surface area contributed by atoms with E-state index in [9.17, 15) is 9.59 Å². The summed E-state index contributed by atoms with van der Waals surface area (Å²) < 4.78 is 21.1. The summed E-state index contributed by atoms with van der Waals surface area (Å²) in [5, 5.41) is 0. The maximum absolute atomic E-state index is 12.5. The van der Waals surface area contributed by atoms with Crippen LogP contribution in [0.1, 0.15) is 34.6 Å². The predicted octanol–water partition coefficient (Wildman–Crippen LogP) is 4.05. The molecular formula is C22H24O6. The van der Waals surface area contributed by atoms with Crippen molar-refractivity contribution < 1.29 is 28.5 Å². The van der Waals surface area contributed by atoms with Crippen molar-refractivity contribution in [3.05, 3.63) is 71.8 Å². The second-order valence-electron chi connectivity index (χ2n) is 6.43. The molecule has 0 heterocycles. The summed E-state index contributed by atoms with van der Waals surface area (Å²) in [6.45, 7) is 7.07. The highest BCUT2D eigenvalue weighted by molar-refractivity contribution is 5.90. The van der Waals surface area contributed by atoms with Gasteiger partial charge >= 0.3 is 11.9 Å². The van der Waals surface area contributed by atoms with Crippen LogP contribution in [0.4, 0.5) is 0 Å². The number of benzene rings is 2. The standard InChI is InChI=1S/C22H24O6/c1-15(2)22(3,28-21(24)17-8-12-19(26-5)13-9-17)14-27-20(23)16-6-10-18(25-4)11-7-16/h6-13H,1,14H2,2-5H3. The summed E-state index contributed by atoms with van der Waals surface area (Å²) in [6.07, 6.45) is 0. The van der Waals surface area contributed by atoms with Gasteiger partial charge in [0.05, 0.1) is 25.3 Å². The molecule has 6 heteroatoms. The molecule has 2 aromatic rings. The molecule has 0 N–H and O–H groups in total. The van der Waals surface area contributed by atoms with Gasteiger partial charge in [0.2, 0.25) is 0 Å². The van der Waals surface area contributed by atoms with Crippen LogP contribution in [0.2, 0.25) is 0 Å². The summed E-state index contributed by atoms with van der Waals surface area (Å²) in [4.78, 5) is 24.8. The number of hydrogen-bond acceptors (Lipinski definition) is 6. The molecule has 6 nitrogen and oxygen atoms in total. The van der Waals surface area contributed by atoms with Crippen molar-refractivity contribution in [1.82, 2.24) is 0 Å². The molecule has 0 aliphatic heterocycles. The largest absolute Gasteiger partial charge is 0.497 e. The number of carbonyl (C=O) groups is 2. The molecule has 0 aliphatic rings. The number of hydrogen-bond donors (Lipinski definition) is 0. The van der Waals surface area contributed by atoms with E-state index in [0.29, 0.717) is 28.2 Å². The monoisotopic (exact) mass is 384 g/mol. The molecule has 0 saturated carbocycles. The molecule has 0 radical (unpaired) electrons. The van der Waals surface area contributed by atoms with Crippen molar-refractivity contribution in [2.24, 2.45) is 0 Å². The van der Waals surface area contributed by atoms with Crippen LogP contribution < -0.4 is 9.47 Å². The van der Waals surface area contributed by atoms with E-state index >= 15 is 0 Å². The summed E-state index contributed by atoms with van der Waals surface area (Å²) in [5.41, 5.74) is 0.108. The molecule has 0 aliphatic carbocycles. The maximum Gasteiger partial charge on any atom is 0.339 e. The number of ether oxygens (including phenoxy) is 4. The van der Waals surface area contributed by atoms with Crippen LogP contribution in [-0.2, 0) is 9.47 Å². The van der Waals surface area contributed by atoms with Crippen LogP contribution >= 0.6 is 0 Å². The minimum atomic E-state index is -1.17. The van der Waals surface area contributed by atoms with Crippen molar-refractivity contribution >= 4 is 11.9 Å². The quantitative estimate of drug-likeness (QED) is 0.505. The summed E-state index contributed by atoms with van der Waals surface area (Å²) >= 11 is 0. The van der Waals surface area contributed by atoms with Crippen LogP contribution in [0.3, 0.4) is 0 Å². The van der Waals surface area contributed by atoms with E-state index in [1.807, 2.05) is 0 Å². The van der Waals surface area contributed by atoms with E-state index < -0.39 is 17.5 Å². The van der Waals surface area contributed by atoms with Gasteiger partial charge in [0.15, 0.2) is 5.60 Å². The lowest BCUT2D eigenvalue weighted by Gasteiger charge is -2.29. The van der Waals surface area contributed by atoms with Crippen LogP contribution in [0, 0.1) is 0 Å². The molecule has 0 aromatic heterocycles. The number of carbonyl (C=O) groups excluding carboxylic acids is 2. The first-order valence-electron chi connectivity index (χ1n) is 8.63. The topological polar surface area (TPSA) is 71.1 Å². The molecule has 2 rings (SSSR count). The average molecular weight is 384 g/mol. The fourth-order valence-electron chi connectivity index (χ4n) is 2.24. The number of rotatable bonds is 8. The van der Waals surface area contributed by atoms with Crippen LogP contribution in [0.5, 0.6) is 11.5 Å². The van der Waals surface area contributed by atoms with Gasteiger partial charge in [-0.15, -0.1) is 0 Å². The summed E-state index contributed by atoms with van der Waals surface area (Å²) in [6, 6.07) is 13.1. The second kappa shape index (κ2) is 9.08. The third-order valence-electron chi connectivity index (χ3n) is 4.35. The Balaban J connectivity index is 2.06. The minimum Gasteiger partial charge on any atom is -0.497 e. The zero-order chi connectivity index (χ0) is 20.7. The molecule has 0 bridgehead atoms. The smallest absolute Gasteiger partial charge is 0.339 e. The van der Waals surface area contributed by atoms with Gasteiger partial charge in [-0.3, -0.25) is 0 Å². The van der Waals surface area contributed by atoms with E-state index in [0.717, 1.165) is 0 Å². The van der Waals surface area contributed by atoms with E-state index in [1.54, 1.807) is 76.6 Å². The van der Waals surface area contributed by atoms with Crippen molar-refractivity contribution in [3.8, 4) is 11.5 Å². The predicted molar refractivity (Wildman–Crippen MR) is 105 cm³/mol. The van der Waals surface area contributed by atoms with E-state index in [-0.39, 0.29) is 6.61 Å². The molecule has 148 valence electrons. The third-order valence-corrected chi connectivity index (χ3v) is 4.35. The Morgan fingerprint density at radius 1 is 0.857 bits per heavy atom. The van der Waals surface area contributed by atoms with Crippen LogP contribution in [-0.4, -0.2) is 38.4 Å². The van der Waals surface area contributed by atoms with E-state index in [4.69, 9.17) is 18.9 Å². The van der Waals surface area contributed by atoms with Gasteiger partial charge in [-0.05, 0) is 68.0 Å². The fourth-order valence-corrected chi connectivity index (χ4v) is 2.24. The Morgan fingerprint density at radius 2 is 1.29 bits per heavy atom. The van der Waals surface area contributed by atoms with Gasteiger partial charge in [0.1, 0.15) is 18.1 Å². The molecule has 0 saturated heterocycles. The minimum absolute atomic E-state index is 0.158. The molecule has 0 fully saturated rings. The second-order valence-corrected chi connectivity index (χ2v) is 6.43. The molecule has 28 heavy (non-hydrogen) atoms. The summed E-state index contributed by atoms with van der Waals surface area (Å²) in [7, 11) is 3.09. The maximum atomic E-state index is 12.5. The SMILES string of the molecule is C=C(C)C(C)(COC(=O)c1ccc(OC)cc1)OC(=O)c1ccc(OC)cc1. The van der Waals surface area contributed by atoms with Crippen molar-refractivity contribution in [3.63, 3.8) is 0 Å². The molecule has 1 unspecified atom stereocenters. The highest BCUT2D eigenvalue weighted by Gasteiger charge is 2.32. The third kappa shape index (κ3) is 5.13. The summed E-state index contributed by atoms with van der Waals surface area (Å²) in [5.74, 6) is 0.189. The Hall–Kier alpha value is -3.28. The molecule has 0 amide bonds. The highest BCUT2D eigenvalue weighted by atomic mass is 16.6. The number of esters is 2. The molecule has 1 atom stereocenters. The Bertz CT molecular complexity index is 838. The first-order chi connectivity index (χ1) is 13.3. The Labute approximate surface area is 164 Å². The van der Waals surface area contributed by atoms with Gasteiger partial charge < -0.3 is 18.9 Å². The number of methoxy groups -OCH3 is 2. The van der Waals surface area contributed by atoms with Crippen LogP contribution in [0.25, 0.3) is 0 Å². The zero-order valence-corrected chi connectivity index (χ0v) is 16.5. The van der Waals surface area contributed by atoms with Crippen molar-refractivity contribution in [2.45, 2.75) is 19.4 Å². The van der Waals surface area contributed by atoms with E-state index in [2.05, 4.69) is 6.58 Å². The fraction of sp³-hybridized carbons (Fsp3) is 0.273. The normalized spacial score (nSPS) is 12.4. The lowest BCUT2D eigenvalue weighted by Crippen LogP contribution is -2.38. The van der Waals surface area contributed by atoms with Crippen molar-refractivity contribution in [1.29, 1.82) is 0 Å². The Kier molecular flexibility index (Phi) is 6.82. The van der Waals surface area contributed by atoms with E-state index in [1.165, 1.54) is 0 Å². The highest BCUT2D eigenvalue weighted by Crippen LogP contribution is 2.24. The molecule has 0 spiro atoms. The van der Waals surface area contributed by atoms with Gasteiger partial charge in [0, 0.05) is 0 Å². The Morgan fingerprint density at radius 3 is 1.68 bits per heavy atom. The lowest BCUT2D eigenvalue weighted by atomic mass is 9.99. The van der Waals surface area contributed by atoms with Crippen LogP contribution in [0.15, 0.2) is 60.7 Å². The zero-order valence-electron chi connectivity index (χ0n) is 16.5. The van der Waals surface area contributed by atoms with Gasteiger partial charge in [-0.25, -0.2) is 9.59 Å². The molecule has 2 aromatic carbocycles. The van der Waals surface area contributed by atoms with Gasteiger partial charge in [-0.1, -0.05) is 6.58 Å². The van der Waals surface area contributed by atoms with Gasteiger partial charge in [-0.2, -0.15) is 0 Å².